The number of hydrogen-bond acceptors (Lipinski definition) is 3. The molecule has 6 nitrogen and oxygen atoms in total. The van der Waals surface area contributed by atoms with Crippen LogP contribution in [-0.2, 0) is 0 Å². The molecule has 2 heterocycles. The molecule has 0 aliphatic carbocycles. The molecule has 3 rings (SSSR count). The van der Waals surface area contributed by atoms with Gasteiger partial charge in [0.1, 0.15) is 0 Å². The van der Waals surface area contributed by atoms with Crippen LogP contribution in [0.1, 0.15) is 31.5 Å². The Hall–Kier alpha value is -3.15. The van der Waals surface area contributed by atoms with Gasteiger partial charge in [0.2, 0.25) is 0 Å². The highest BCUT2D eigenvalue weighted by atomic mass is 16.2. The standard InChI is InChI=1S/C20H23N5O/c1-3-9-18(17-12-7-8-14-21-17)24(2)20(26)22-19-13-15-25(23-19)16-10-5-4-6-11-16/h4-8,10-15,18H,3,9H2,1-2H3,(H,22,23,26)/t18-/m0/s1. The van der Waals surface area contributed by atoms with Gasteiger partial charge < -0.3 is 4.90 Å². The normalized spacial score (nSPS) is 11.8. The summed E-state index contributed by atoms with van der Waals surface area (Å²) in [5.74, 6) is 0.516. The van der Waals surface area contributed by atoms with E-state index in [0.29, 0.717) is 5.82 Å². The Morgan fingerprint density at radius 3 is 2.62 bits per heavy atom. The molecule has 134 valence electrons. The van der Waals surface area contributed by atoms with Crippen molar-refractivity contribution in [2.45, 2.75) is 25.8 Å². The zero-order valence-electron chi connectivity index (χ0n) is 15.0. The van der Waals surface area contributed by atoms with E-state index in [9.17, 15) is 4.79 Å². The van der Waals surface area contributed by atoms with Crippen molar-refractivity contribution >= 4 is 11.8 Å². The average molecular weight is 349 g/mol. The average Bonchev–Trinajstić information content (AvgIpc) is 3.15. The van der Waals surface area contributed by atoms with Crippen LogP contribution in [0, 0.1) is 0 Å². The third kappa shape index (κ3) is 4.08. The molecule has 0 spiro atoms. The highest BCUT2D eigenvalue weighted by Crippen LogP contribution is 2.23. The topological polar surface area (TPSA) is 63.1 Å². The third-order valence-electron chi connectivity index (χ3n) is 4.22. The van der Waals surface area contributed by atoms with Gasteiger partial charge in [-0.15, -0.1) is 5.10 Å². The lowest BCUT2D eigenvalue weighted by Gasteiger charge is -2.27. The summed E-state index contributed by atoms with van der Waals surface area (Å²) in [6.07, 6.45) is 5.39. The van der Waals surface area contributed by atoms with Crippen LogP contribution in [0.25, 0.3) is 5.69 Å². The van der Waals surface area contributed by atoms with Crippen LogP contribution in [-0.4, -0.2) is 32.7 Å². The third-order valence-corrected chi connectivity index (χ3v) is 4.22. The van der Waals surface area contributed by atoms with Crippen molar-refractivity contribution in [3.05, 3.63) is 72.7 Å². The molecular formula is C20H23N5O. The molecular weight excluding hydrogens is 326 g/mol. The number of nitrogens with one attached hydrogen (secondary N) is 1. The number of benzene rings is 1. The molecule has 6 heteroatoms. The Labute approximate surface area is 153 Å². The Morgan fingerprint density at radius 1 is 1.15 bits per heavy atom. The molecule has 0 unspecified atom stereocenters. The first-order chi connectivity index (χ1) is 12.7. The lowest BCUT2D eigenvalue weighted by atomic mass is 10.1. The summed E-state index contributed by atoms with van der Waals surface area (Å²) in [4.78, 5) is 18.8. The summed E-state index contributed by atoms with van der Waals surface area (Å²) in [6.45, 7) is 2.10. The quantitative estimate of drug-likeness (QED) is 0.723. The fourth-order valence-electron chi connectivity index (χ4n) is 2.84. The van der Waals surface area contributed by atoms with Crippen LogP contribution in [0.5, 0.6) is 0 Å². The number of para-hydroxylation sites is 1. The van der Waals surface area contributed by atoms with Gasteiger partial charge in [-0.2, -0.15) is 0 Å². The molecule has 1 atom stereocenters. The van der Waals surface area contributed by atoms with Crippen LogP contribution in [0.2, 0.25) is 0 Å². The number of urea groups is 1. The number of hydrogen-bond donors (Lipinski definition) is 1. The fourth-order valence-corrected chi connectivity index (χ4v) is 2.84. The van der Waals surface area contributed by atoms with Gasteiger partial charge in [0.25, 0.3) is 0 Å². The smallest absolute Gasteiger partial charge is 0.319 e. The summed E-state index contributed by atoms with van der Waals surface area (Å²) >= 11 is 0. The van der Waals surface area contributed by atoms with Gasteiger partial charge in [-0.05, 0) is 30.7 Å². The van der Waals surface area contributed by atoms with Crippen LogP contribution in [0.4, 0.5) is 10.6 Å². The molecule has 0 bridgehead atoms. The molecule has 0 aliphatic rings. The van der Waals surface area contributed by atoms with E-state index in [1.54, 1.807) is 28.9 Å². The number of rotatable bonds is 6. The van der Waals surface area contributed by atoms with E-state index in [0.717, 1.165) is 24.2 Å². The highest BCUT2D eigenvalue weighted by molar-refractivity contribution is 5.88. The summed E-state index contributed by atoms with van der Waals surface area (Å²) in [7, 11) is 1.79. The van der Waals surface area contributed by atoms with Gasteiger partial charge in [0.05, 0.1) is 17.4 Å². The van der Waals surface area contributed by atoms with E-state index in [-0.39, 0.29) is 12.1 Å². The van der Waals surface area contributed by atoms with Crippen molar-refractivity contribution in [3.63, 3.8) is 0 Å². The summed E-state index contributed by atoms with van der Waals surface area (Å²) in [5, 5.41) is 7.29. The minimum atomic E-state index is -0.201. The second-order valence-corrected chi connectivity index (χ2v) is 6.08. The minimum Gasteiger partial charge on any atom is -0.319 e. The second kappa shape index (κ2) is 8.29. The first-order valence-electron chi connectivity index (χ1n) is 8.75. The fraction of sp³-hybridized carbons (Fsp3) is 0.250. The maximum absolute atomic E-state index is 12.7. The Bertz CT molecular complexity index is 832. The summed E-state index contributed by atoms with van der Waals surface area (Å²) in [5.41, 5.74) is 1.83. The predicted molar refractivity (Wildman–Crippen MR) is 102 cm³/mol. The molecule has 0 saturated heterocycles. The second-order valence-electron chi connectivity index (χ2n) is 6.08. The molecule has 0 fully saturated rings. The molecule has 0 saturated carbocycles. The van der Waals surface area contributed by atoms with E-state index >= 15 is 0 Å². The molecule has 2 amide bonds. The van der Waals surface area contributed by atoms with Crippen molar-refractivity contribution in [2.24, 2.45) is 0 Å². The number of aromatic nitrogens is 3. The van der Waals surface area contributed by atoms with Crippen LogP contribution < -0.4 is 5.32 Å². The van der Waals surface area contributed by atoms with Crippen molar-refractivity contribution in [3.8, 4) is 5.69 Å². The van der Waals surface area contributed by atoms with Crippen molar-refractivity contribution < 1.29 is 4.79 Å². The van der Waals surface area contributed by atoms with Crippen LogP contribution in [0.15, 0.2) is 67.0 Å². The zero-order valence-corrected chi connectivity index (χ0v) is 15.0. The number of amides is 2. The van der Waals surface area contributed by atoms with Gasteiger partial charge in [0.15, 0.2) is 5.82 Å². The van der Waals surface area contributed by atoms with Crippen molar-refractivity contribution in [2.75, 3.05) is 12.4 Å². The Morgan fingerprint density at radius 2 is 1.92 bits per heavy atom. The van der Waals surface area contributed by atoms with Crippen molar-refractivity contribution in [1.29, 1.82) is 0 Å². The van der Waals surface area contributed by atoms with E-state index in [4.69, 9.17) is 0 Å². The largest absolute Gasteiger partial charge is 0.323 e. The maximum Gasteiger partial charge on any atom is 0.323 e. The molecule has 0 radical (unpaired) electrons. The van der Waals surface area contributed by atoms with E-state index in [1.807, 2.05) is 54.7 Å². The van der Waals surface area contributed by atoms with Gasteiger partial charge in [0, 0.05) is 25.5 Å². The van der Waals surface area contributed by atoms with Gasteiger partial charge in [-0.1, -0.05) is 37.6 Å². The van der Waals surface area contributed by atoms with Gasteiger partial charge in [-0.3, -0.25) is 10.3 Å². The van der Waals surface area contributed by atoms with E-state index in [2.05, 4.69) is 22.3 Å². The first kappa shape index (κ1) is 17.7. The zero-order chi connectivity index (χ0) is 18.4. The molecule has 1 N–H and O–H groups in total. The number of nitrogens with zero attached hydrogens (tertiary/aromatic N) is 4. The van der Waals surface area contributed by atoms with E-state index in [1.165, 1.54) is 0 Å². The predicted octanol–water partition coefficient (Wildman–Crippen LogP) is 4.27. The molecule has 1 aromatic carbocycles. The minimum absolute atomic E-state index is 0.0718. The summed E-state index contributed by atoms with van der Waals surface area (Å²) in [6, 6.07) is 17.1. The Balaban J connectivity index is 1.71. The van der Waals surface area contributed by atoms with Gasteiger partial charge in [-0.25, -0.2) is 9.48 Å². The number of carbonyl (C=O) groups is 1. The SMILES string of the molecule is CCC[C@@H](c1ccccn1)N(C)C(=O)Nc1ccn(-c2ccccc2)n1. The molecule has 2 aromatic heterocycles. The first-order valence-corrected chi connectivity index (χ1v) is 8.75. The number of carbonyl (C=O) groups excluding carboxylic acids is 1. The molecule has 3 aromatic rings. The molecule has 26 heavy (non-hydrogen) atoms. The Kier molecular flexibility index (Phi) is 5.63. The van der Waals surface area contributed by atoms with Gasteiger partial charge >= 0.3 is 6.03 Å². The molecule has 0 aliphatic heterocycles. The number of pyridine rings is 1. The van der Waals surface area contributed by atoms with Crippen molar-refractivity contribution in [1.82, 2.24) is 19.7 Å². The maximum atomic E-state index is 12.7. The lowest BCUT2D eigenvalue weighted by molar-refractivity contribution is 0.199. The van der Waals surface area contributed by atoms with Crippen LogP contribution >= 0.6 is 0 Å². The highest BCUT2D eigenvalue weighted by Gasteiger charge is 2.22. The lowest BCUT2D eigenvalue weighted by Crippen LogP contribution is -2.35. The summed E-state index contributed by atoms with van der Waals surface area (Å²) < 4.78 is 1.73. The van der Waals surface area contributed by atoms with E-state index < -0.39 is 0 Å². The number of anilines is 1. The monoisotopic (exact) mass is 349 g/mol. The van der Waals surface area contributed by atoms with Crippen LogP contribution in [0.3, 0.4) is 0 Å².